The Morgan fingerprint density at radius 2 is 2.00 bits per heavy atom. The molecule has 144 valence electrons. The molecule has 2 aromatic rings. The van der Waals surface area contributed by atoms with Gasteiger partial charge in [0.2, 0.25) is 5.91 Å². The van der Waals surface area contributed by atoms with Crippen molar-refractivity contribution in [1.29, 1.82) is 0 Å². The normalized spacial score (nSPS) is 10.3. The van der Waals surface area contributed by atoms with Crippen molar-refractivity contribution < 1.29 is 24.2 Å². The highest BCUT2D eigenvalue weighted by Crippen LogP contribution is 2.17. The van der Waals surface area contributed by atoms with Gasteiger partial charge in [-0.2, -0.15) is 0 Å². The first kappa shape index (κ1) is 20.4. The number of carbonyl (C=O) groups excluding carboxylic acids is 2. The molecule has 8 nitrogen and oxygen atoms in total. The fourth-order valence-electron chi connectivity index (χ4n) is 2.23. The third-order valence-electron chi connectivity index (χ3n) is 3.51. The summed E-state index contributed by atoms with van der Waals surface area (Å²) in [6.45, 7) is 2.86. The Morgan fingerprint density at radius 1 is 1.22 bits per heavy atom. The smallest absolute Gasteiger partial charge is 0.355 e. The molecule has 3 N–H and O–H groups in total. The minimum absolute atomic E-state index is 0.0284. The third-order valence-corrected chi connectivity index (χ3v) is 4.35. The standard InChI is InChI=1S/C18H21N3O5S/c1-2-26-14-7-4-3-6-12(14)17(23)19-9-5-8-15(22)20-10-16-21-13(11-27-16)18(24)25/h3-4,6-7,11H,2,5,8-10H2,1H3,(H,19,23)(H,20,22)(H,24,25). The maximum atomic E-state index is 12.2. The average Bonchev–Trinajstić information content (AvgIpc) is 3.13. The van der Waals surface area contributed by atoms with Gasteiger partial charge >= 0.3 is 5.97 Å². The van der Waals surface area contributed by atoms with E-state index >= 15 is 0 Å². The average molecular weight is 391 g/mol. The summed E-state index contributed by atoms with van der Waals surface area (Å²) in [5.41, 5.74) is 0.432. The molecule has 0 spiro atoms. The monoisotopic (exact) mass is 391 g/mol. The highest BCUT2D eigenvalue weighted by molar-refractivity contribution is 7.09. The fourth-order valence-corrected chi connectivity index (χ4v) is 2.94. The highest BCUT2D eigenvalue weighted by atomic mass is 32.1. The number of aromatic carboxylic acids is 1. The van der Waals surface area contributed by atoms with Gasteiger partial charge in [0.15, 0.2) is 5.69 Å². The van der Waals surface area contributed by atoms with Crippen molar-refractivity contribution in [2.45, 2.75) is 26.3 Å². The van der Waals surface area contributed by atoms with Crippen LogP contribution in [-0.4, -0.2) is 41.0 Å². The van der Waals surface area contributed by atoms with Crippen molar-refractivity contribution in [2.75, 3.05) is 13.2 Å². The van der Waals surface area contributed by atoms with Gasteiger partial charge in [-0.05, 0) is 25.5 Å². The molecule has 0 unspecified atom stereocenters. The van der Waals surface area contributed by atoms with E-state index in [0.29, 0.717) is 35.9 Å². The maximum Gasteiger partial charge on any atom is 0.355 e. The first-order chi connectivity index (χ1) is 13.0. The molecule has 0 atom stereocenters. The lowest BCUT2D eigenvalue weighted by Gasteiger charge is -2.10. The molecule has 1 heterocycles. The number of benzene rings is 1. The molecule has 0 saturated heterocycles. The number of carboxylic acid groups (broad SMARTS) is 1. The molecular weight excluding hydrogens is 370 g/mol. The van der Waals surface area contributed by atoms with Crippen LogP contribution in [0.5, 0.6) is 5.75 Å². The first-order valence-electron chi connectivity index (χ1n) is 8.45. The van der Waals surface area contributed by atoms with Crippen molar-refractivity contribution in [3.05, 3.63) is 45.9 Å². The van der Waals surface area contributed by atoms with Gasteiger partial charge in [0.25, 0.3) is 5.91 Å². The Balaban J connectivity index is 1.69. The zero-order valence-electron chi connectivity index (χ0n) is 14.9. The lowest BCUT2D eigenvalue weighted by Crippen LogP contribution is -2.27. The van der Waals surface area contributed by atoms with Gasteiger partial charge in [-0.25, -0.2) is 9.78 Å². The zero-order valence-corrected chi connectivity index (χ0v) is 15.7. The number of thiazole rings is 1. The molecule has 0 radical (unpaired) electrons. The SMILES string of the molecule is CCOc1ccccc1C(=O)NCCCC(=O)NCc1nc(C(=O)O)cs1. The van der Waals surface area contributed by atoms with Crippen LogP contribution in [0.2, 0.25) is 0 Å². The van der Waals surface area contributed by atoms with Crippen molar-refractivity contribution >= 4 is 29.1 Å². The van der Waals surface area contributed by atoms with Gasteiger partial charge in [0, 0.05) is 18.3 Å². The summed E-state index contributed by atoms with van der Waals surface area (Å²) >= 11 is 1.18. The molecule has 0 aliphatic rings. The molecule has 0 aliphatic heterocycles. The van der Waals surface area contributed by atoms with Crippen LogP contribution in [0.25, 0.3) is 0 Å². The third kappa shape index (κ3) is 6.37. The van der Waals surface area contributed by atoms with Crippen LogP contribution in [-0.2, 0) is 11.3 Å². The Labute approximate surface area is 160 Å². The largest absolute Gasteiger partial charge is 0.493 e. The summed E-state index contributed by atoms with van der Waals surface area (Å²) in [4.78, 5) is 38.7. The number of aromatic nitrogens is 1. The van der Waals surface area contributed by atoms with Crippen LogP contribution >= 0.6 is 11.3 Å². The number of carboxylic acids is 1. The number of amides is 2. The number of nitrogens with zero attached hydrogens (tertiary/aromatic N) is 1. The molecule has 2 amide bonds. The summed E-state index contributed by atoms with van der Waals surface area (Å²) < 4.78 is 5.43. The summed E-state index contributed by atoms with van der Waals surface area (Å²) in [5.74, 6) is -1.00. The summed E-state index contributed by atoms with van der Waals surface area (Å²) in [5, 5.41) is 16.2. The Bertz CT molecular complexity index is 806. The van der Waals surface area contributed by atoms with Crippen LogP contribution in [0.1, 0.15) is 45.6 Å². The Hall–Kier alpha value is -2.94. The lowest BCUT2D eigenvalue weighted by atomic mass is 10.2. The van der Waals surface area contributed by atoms with Gasteiger partial charge in [-0.15, -0.1) is 11.3 Å². The summed E-state index contributed by atoms with van der Waals surface area (Å²) in [7, 11) is 0. The molecule has 2 rings (SSSR count). The van der Waals surface area contributed by atoms with Crippen molar-refractivity contribution in [2.24, 2.45) is 0 Å². The van der Waals surface area contributed by atoms with Gasteiger partial charge in [-0.1, -0.05) is 12.1 Å². The second-order valence-corrected chi connectivity index (χ2v) is 6.44. The lowest BCUT2D eigenvalue weighted by molar-refractivity contribution is -0.121. The highest BCUT2D eigenvalue weighted by Gasteiger charge is 2.12. The molecule has 0 aliphatic carbocycles. The summed E-state index contributed by atoms with van der Waals surface area (Å²) in [6.07, 6.45) is 0.719. The molecule has 1 aromatic carbocycles. The predicted molar refractivity (Wildman–Crippen MR) is 100 cm³/mol. The molecule has 1 aromatic heterocycles. The van der Waals surface area contributed by atoms with Gasteiger partial charge in [-0.3, -0.25) is 9.59 Å². The number of para-hydroxylation sites is 1. The second kappa shape index (κ2) is 10.3. The number of nitrogens with one attached hydrogen (secondary N) is 2. The molecule has 0 bridgehead atoms. The van der Waals surface area contributed by atoms with E-state index in [-0.39, 0.29) is 30.5 Å². The van der Waals surface area contributed by atoms with E-state index < -0.39 is 5.97 Å². The van der Waals surface area contributed by atoms with E-state index in [9.17, 15) is 14.4 Å². The van der Waals surface area contributed by atoms with Crippen LogP contribution < -0.4 is 15.4 Å². The Morgan fingerprint density at radius 3 is 2.70 bits per heavy atom. The quantitative estimate of drug-likeness (QED) is 0.534. The van der Waals surface area contributed by atoms with E-state index in [2.05, 4.69) is 15.6 Å². The van der Waals surface area contributed by atoms with E-state index in [0.717, 1.165) is 0 Å². The minimum atomic E-state index is -1.09. The number of carbonyl (C=O) groups is 3. The van der Waals surface area contributed by atoms with E-state index in [1.807, 2.05) is 6.92 Å². The van der Waals surface area contributed by atoms with Crippen molar-refractivity contribution in [3.8, 4) is 5.75 Å². The van der Waals surface area contributed by atoms with Crippen LogP contribution in [0.4, 0.5) is 0 Å². The molecule has 27 heavy (non-hydrogen) atoms. The van der Waals surface area contributed by atoms with Crippen molar-refractivity contribution in [3.63, 3.8) is 0 Å². The van der Waals surface area contributed by atoms with Gasteiger partial charge in [0.1, 0.15) is 10.8 Å². The topological polar surface area (TPSA) is 118 Å². The van der Waals surface area contributed by atoms with E-state index in [1.54, 1.807) is 24.3 Å². The fraction of sp³-hybridized carbons (Fsp3) is 0.333. The first-order valence-corrected chi connectivity index (χ1v) is 9.33. The molecule has 9 heteroatoms. The van der Waals surface area contributed by atoms with Crippen LogP contribution in [0.15, 0.2) is 29.6 Å². The number of hydrogen-bond donors (Lipinski definition) is 3. The van der Waals surface area contributed by atoms with Crippen molar-refractivity contribution in [1.82, 2.24) is 15.6 Å². The van der Waals surface area contributed by atoms with Crippen LogP contribution in [0.3, 0.4) is 0 Å². The van der Waals surface area contributed by atoms with Crippen LogP contribution in [0, 0.1) is 0 Å². The van der Waals surface area contributed by atoms with Gasteiger partial charge < -0.3 is 20.5 Å². The van der Waals surface area contributed by atoms with Gasteiger partial charge in [0.05, 0.1) is 18.7 Å². The molecular formula is C18H21N3O5S. The van der Waals surface area contributed by atoms with E-state index in [4.69, 9.17) is 9.84 Å². The Kier molecular flexibility index (Phi) is 7.75. The zero-order chi connectivity index (χ0) is 19.6. The maximum absolute atomic E-state index is 12.2. The summed E-state index contributed by atoms with van der Waals surface area (Å²) in [6, 6.07) is 6.99. The second-order valence-electron chi connectivity index (χ2n) is 5.50. The number of rotatable bonds is 10. The molecule has 0 fully saturated rings. The molecule has 0 saturated carbocycles. The number of ether oxygens (including phenoxy) is 1. The van der Waals surface area contributed by atoms with E-state index in [1.165, 1.54) is 16.7 Å². The minimum Gasteiger partial charge on any atom is -0.493 e. The number of hydrogen-bond acceptors (Lipinski definition) is 6. The predicted octanol–water partition coefficient (Wildman–Crippen LogP) is 2.07.